The van der Waals surface area contributed by atoms with Gasteiger partial charge in [0.15, 0.2) is 0 Å². The molecule has 0 radical (unpaired) electrons. The van der Waals surface area contributed by atoms with Gasteiger partial charge in [-0.15, -0.1) is 0 Å². The predicted molar refractivity (Wildman–Crippen MR) is 70.9 cm³/mol. The molecule has 2 amide bonds. The van der Waals surface area contributed by atoms with Crippen LogP contribution in [0.25, 0.3) is 0 Å². The summed E-state index contributed by atoms with van der Waals surface area (Å²) in [5.74, 6) is -0.912. The van der Waals surface area contributed by atoms with E-state index in [1.54, 1.807) is 23.9 Å². The van der Waals surface area contributed by atoms with Gasteiger partial charge in [0.1, 0.15) is 0 Å². The molecule has 0 aliphatic carbocycles. The maximum atomic E-state index is 11.7. The molecule has 1 aromatic rings. The average Bonchev–Trinajstić information content (AvgIpc) is 2.95. The molecule has 7 heteroatoms. The third-order valence-corrected chi connectivity index (χ3v) is 3.17. The van der Waals surface area contributed by atoms with Crippen molar-refractivity contribution in [2.45, 2.75) is 6.42 Å². The zero-order valence-corrected chi connectivity index (χ0v) is 11.7. The molecule has 1 aromatic heterocycles. The highest BCUT2D eigenvalue weighted by Crippen LogP contribution is 2.05. The van der Waals surface area contributed by atoms with Crippen LogP contribution in [0.15, 0.2) is 16.8 Å². The SMILES string of the molecule is COC(=O)CCN(C)C(=O)CNC(=O)c1ccsc1. The second kappa shape index (κ2) is 7.52. The predicted octanol–water partition coefficient (Wildman–Crippen LogP) is 0.499. The van der Waals surface area contributed by atoms with Crippen LogP contribution in [-0.4, -0.2) is 49.9 Å². The molecule has 0 aromatic carbocycles. The molecule has 0 atom stereocenters. The van der Waals surface area contributed by atoms with E-state index in [0.717, 1.165) is 0 Å². The Kier molecular flexibility index (Phi) is 6.01. The maximum Gasteiger partial charge on any atom is 0.307 e. The number of carbonyl (C=O) groups excluding carboxylic acids is 3. The Morgan fingerprint density at radius 2 is 2.16 bits per heavy atom. The van der Waals surface area contributed by atoms with Gasteiger partial charge in [-0.05, 0) is 11.4 Å². The molecule has 19 heavy (non-hydrogen) atoms. The molecule has 0 fully saturated rings. The van der Waals surface area contributed by atoms with Crippen LogP contribution in [0.1, 0.15) is 16.8 Å². The number of carbonyl (C=O) groups is 3. The quantitative estimate of drug-likeness (QED) is 0.772. The minimum Gasteiger partial charge on any atom is -0.469 e. The molecular weight excluding hydrogens is 268 g/mol. The van der Waals surface area contributed by atoms with Gasteiger partial charge in [0.2, 0.25) is 5.91 Å². The third kappa shape index (κ3) is 5.09. The summed E-state index contributed by atoms with van der Waals surface area (Å²) < 4.78 is 4.48. The molecule has 1 N–H and O–H groups in total. The van der Waals surface area contributed by atoms with Gasteiger partial charge >= 0.3 is 5.97 Å². The van der Waals surface area contributed by atoms with Crippen molar-refractivity contribution in [3.63, 3.8) is 0 Å². The first-order valence-electron chi connectivity index (χ1n) is 5.65. The Hall–Kier alpha value is -1.89. The number of methoxy groups -OCH3 is 1. The Morgan fingerprint density at radius 3 is 2.74 bits per heavy atom. The van der Waals surface area contributed by atoms with Crippen LogP contribution >= 0.6 is 11.3 Å². The molecule has 0 aliphatic rings. The number of ether oxygens (including phenoxy) is 1. The van der Waals surface area contributed by atoms with Crippen molar-refractivity contribution in [3.05, 3.63) is 22.4 Å². The molecular formula is C12H16N2O4S. The second-order valence-corrected chi connectivity index (χ2v) is 4.62. The van der Waals surface area contributed by atoms with Crippen LogP contribution < -0.4 is 5.32 Å². The number of thiophene rings is 1. The Morgan fingerprint density at radius 1 is 1.42 bits per heavy atom. The number of rotatable bonds is 6. The van der Waals surface area contributed by atoms with Crippen LogP contribution in [0.4, 0.5) is 0 Å². The van der Waals surface area contributed by atoms with Crippen LogP contribution in [0, 0.1) is 0 Å². The first-order valence-corrected chi connectivity index (χ1v) is 6.60. The molecule has 0 saturated heterocycles. The van der Waals surface area contributed by atoms with Gasteiger partial charge < -0.3 is 15.0 Å². The summed E-state index contributed by atoms with van der Waals surface area (Å²) in [4.78, 5) is 35.6. The molecule has 0 unspecified atom stereocenters. The fourth-order valence-corrected chi connectivity index (χ4v) is 1.91. The summed E-state index contributed by atoms with van der Waals surface area (Å²) in [5, 5.41) is 6.03. The van der Waals surface area contributed by atoms with Crippen LogP contribution in [0.2, 0.25) is 0 Å². The van der Waals surface area contributed by atoms with Crippen molar-refractivity contribution in [3.8, 4) is 0 Å². The van der Waals surface area contributed by atoms with Gasteiger partial charge in [-0.25, -0.2) is 0 Å². The highest BCUT2D eigenvalue weighted by atomic mass is 32.1. The van der Waals surface area contributed by atoms with Crippen molar-refractivity contribution in [1.29, 1.82) is 0 Å². The molecule has 1 rings (SSSR count). The molecule has 0 saturated carbocycles. The summed E-state index contributed by atoms with van der Waals surface area (Å²) >= 11 is 1.41. The lowest BCUT2D eigenvalue weighted by molar-refractivity contribution is -0.141. The van der Waals surface area contributed by atoms with Gasteiger partial charge in [0.25, 0.3) is 5.91 Å². The van der Waals surface area contributed by atoms with Crippen molar-refractivity contribution in [1.82, 2.24) is 10.2 Å². The molecule has 0 spiro atoms. The molecule has 0 aliphatic heterocycles. The zero-order chi connectivity index (χ0) is 14.3. The number of hydrogen-bond donors (Lipinski definition) is 1. The van der Waals surface area contributed by atoms with E-state index >= 15 is 0 Å². The topological polar surface area (TPSA) is 75.7 Å². The zero-order valence-electron chi connectivity index (χ0n) is 10.8. The van der Waals surface area contributed by atoms with E-state index in [1.807, 2.05) is 0 Å². The van der Waals surface area contributed by atoms with Gasteiger partial charge in [-0.3, -0.25) is 14.4 Å². The summed E-state index contributed by atoms with van der Waals surface area (Å²) in [7, 11) is 2.87. The molecule has 104 valence electrons. The Bertz CT molecular complexity index is 445. The number of likely N-dealkylation sites (N-methyl/N-ethyl adjacent to an activating group) is 1. The fourth-order valence-electron chi connectivity index (χ4n) is 1.27. The normalized spacial score (nSPS) is 9.79. The van der Waals surface area contributed by atoms with E-state index in [4.69, 9.17) is 0 Å². The lowest BCUT2D eigenvalue weighted by Gasteiger charge is -2.16. The number of nitrogens with one attached hydrogen (secondary N) is 1. The highest BCUT2D eigenvalue weighted by Gasteiger charge is 2.13. The van der Waals surface area contributed by atoms with E-state index < -0.39 is 0 Å². The number of esters is 1. The summed E-state index contributed by atoms with van der Waals surface area (Å²) in [5.41, 5.74) is 0.537. The second-order valence-electron chi connectivity index (χ2n) is 3.84. The molecule has 1 heterocycles. The van der Waals surface area contributed by atoms with Crippen LogP contribution in [-0.2, 0) is 14.3 Å². The third-order valence-electron chi connectivity index (χ3n) is 2.49. The number of amides is 2. The van der Waals surface area contributed by atoms with Crippen molar-refractivity contribution < 1.29 is 19.1 Å². The number of hydrogen-bond acceptors (Lipinski definition) is 5. The fraction of sp³-hybridized carbons (Fsp3) is 0.417. The first-order chi connectivity index (χ1) is 9.04. The van der Waals surface area contributed by atoms with E-state index in [9.17, 15) is 14.4 Å². The van der Waals surface area contributed by atoms with Gasteiger partial charge in [-0.2, -0.15) is 11.3 Å². The Balaban J connectivity index is 2.30. The van der Waals surface area contributed by atoms with Crippen LogP contribution in [0.5, 0.6) is 0 Å². The lowest BCUT2D eigenvalue weighted by Crippen LogP contribution is -2.38. The van der Waals surface area contributed by atoms with Crippen molar-refractivity contribution in [2.24, 2.45) is 0 Å². The summed E-state index contributed by atoms with van der Waals surface area (Å²) in [6.07, 6.45) is 0.136. The minimum absolute atomic E-state index is 0.0909. The molecule has 0 bridgehead atoms. The highest BCUT2D eigenvalue weighted by molar-refractivity contribution is 7.08. The smallest absolute Gasteiger partial charge is 0.307 e. The Labute approximate surface area is 115 Å². The summed E-state index contributed by atoms with van der Waals surface area (Å²) in [6, 6.07) is 1.69. The lowest BCUT2D eigenvalue weighted by atomic mass is 10.3. The molecule has 6 nitrogen and oxygen atoms in total. The average molecular weight is 284 g/mol. The maximum absolute atomic E-state index is 11.7. The van der Waals surface area contributed by atoms with E-state index in [2.05, 4.69) is 10.1 Å². The van der Waals surface area contributed by atoms with E-state index in [1.165, 1.54) is 23.3 Å². The van der Waals surface area contributed by atoms with Crippen LogP contribution in [0.3, 0.4) is 0 Å². The van der Waals surface area contributed by atoms with E-state index in [-0.39, 0.29) is 37.3 Å². The van der Waals surface area contributed by atoms with Crippen molar-refractivity contribution >= 4 is 29.1 Å². The van der Waals surface area contributed by atoms with Crippen molar-refractivity contribution in [2.75, 3.05) is 27.2 Å². The van der Waals surface area contributed by atoms with Gasteiger partial charge in [0, 0.05) is 24.5 Å². The number of nitrogens with zero attached hydrogens (tertiary/aromatic N) is 1. The van der Waals surface area contributed by atoms with E-state index in [0.29, 0.717) is 5.56 Å². The van der Waals surface area contributed by atoms with Gasteiger partial charge in [0.05, 0.1) is 20.1 Å². The standard InChI is InChI=1S/C12H16N2O4S/c1-14(5-3-11(16)18-2)10(15)7-13-12(17)9-4-6-19-8-9/h4,6,8H,3,5,7H2,1-2H3,(H,13,17). The largest absolute Gasteiger partial charge is 0.469 e. The monoisotopic (exact) mass is 284 g/mol. The van der Waals surface area contributed by atoms with Gasteiger partial charge in [-0.1, -0.05) is 0 Å². The minimum atomic E-state index is -0.373. The summed E-state index contributed by atoms with van der Waals surface area (Å²) in [6.45, 7) is 0.173. The first kappa shape index (κ1) is 15.2.